The van der Waals surface area contributed by atoms with Crippen LogP contribution in [0, 0.1) is 0 Å². The zero-order valence-electron chi connectivity index (χ0n) is 16.3. The number of fused-ring (bicyclic) bond motifs is 1. The van der Waals surface area contributed by atoms with E-state index in [-0.39, 0.29) is 17.5 Å². The minimum absolute atomic E-state index is 0.0434. The fourth-order valence-corrected chi connectivity index (χ4v) is 4.60. The zero-order chi connectivity index (χ0) is 20.8. The highest BCUT2D eigenvalue weighted by Crippen LogP contribution is 2.43. The van der Waals surface area contributed by atoms with Crippen molar-refractivity contribution in [2.75, 3.05) is 13.1 Å². The summed E-state index contributed by atoms with van der Waals surface area (Å²) in [5, 5.41) is 4.97. The Morgan fingerprint density at radius 3 is 2.73 bits per heavy atom. The molecular formula is C22H21ClF2N4O. The summed E-state index contributed by atoms with van der Waals surface area (Å²) < 4.78 is 28.3. The van der Waals surface area contributed by atoms with Gasteiger partial charge in [-0.2, -0.15) is 5.10 Å². The van der Waals surface area contributed by atoms with Crippen LogP contribution in [0.1, 0.15) is 71.3 Å². The lowest BCUT2D eigenvalue weighted by Crippen LogP contribution is -2.39. The van der Waals surface area contributed by atoms with Crippen LogP contribution < -0.4 is 0 Å². The highest BCUT2D eigenvalue weighted by Gasteiger charge is 2.30. The van der Waals surface area contributed by atoms with Gasteiger partial charge in [0.05, 0.1) is 11.9 Å². The Hall–Kier alpha value is -2.54. The van der Waals surface area contributed by atoms with Crippen molar-refractivity contribution in [2.24, 2.45) is 0 Å². The van der Waals surface area contributed by atoms with Gasteiger partial charge in [0.2, 0.25) is 0 Å². The van der Waals surface area contributed by atoms with E-state index in [9.17, 15) is 13.6 Å². The lowest BCUT2D eigenvalue weighted by atomic mass is 9.93. The van der Waals surface area contributed by atoms with Crippen LogP contribution in [0.3, 0.4) is 0 Å². The fraction of sp³-hybridized carbons (Fsp3) is 0.409. The second-order valence-corrected chi connectivity index (χ2v) is 8.52. The van der Waals surface area contributed by atoms with E-state index in [0.717, 1.165) is 31.2 Å². The number of halogens is 3. The first-order chi connectivity index (χ1) is 14.5. The summed E-state index contributed by atoms with van der Waals surface area (Å²) >= 11 is 6.31. The molecular weight excluding hydrogens is 410 g/mol. The van der Waals surface area contributed by atoms with Gasteiger partial charge in [-0.25, -0.2) is 18.3 Å². The predicted molar refractivity (Wildman–Crippen MR) is 109 cm³/mol. The van der Waals surface area contributed by atoms with E-state index in [1.54, 1.807) is 28.9 Å². The van der Waals surface area contributed by atoms with E-state index in [1.807, 2.05) is 11.0 Å². The minimum Gasteiger partial charge on any atom is -0.338 e. The van der Waals surface area contributed by atoms with Gasteiger partial charge in [-0.05, 0) is 61.4 Å². The number of hydrogen-bond donors (Lipinski definition) is 0. The largest absolute Gasteiger partial charge is 0.338 e. The predicted octanol–water partition coefficient (Wildman–Crippen LogP) is 5.22. The average Bonchev–Trinajstić information content (AvgIpc) is 3.49. The fourth-order valence-electron chi connectivity index (χ4n) is 4.33. The molecule has 0 radical (unpaired) electrons. The molecule has 1 aromatic carbocycles. The zero-order valence-corrected chi connectivity index (χ0v) is 17.0. The molecule has 0 N–H and O–H groups in total. The van der Waals surface area contributed by atoms with Gasteiger partial charge < -0.3 is 4.90 Å². The molecule has 1 aliphatic heterocycles. The topological polar surface area (TPSA) is 50.5 Å². The Morgan fingerprint density at radius 2 is 1.97 bits per heavy atom. The first-order valence-corrected chi connectivity index (χ1v) is 10.6. The van der Waals surface area contributed by atoms with E-state index in [1.165, 1.54) is 6.07 Å². The van der Waals surface area contributed by atoms with Crippen LogP contribution in [-0.4, -0.2) is 38.5 Å². The van der Waals surface area contributed by atoms with Crippen LogP contribution in [0.5, 0.6) is 0 Å². The summed E-state index contributed by atoms with van der Waals surface area (Å²) in [6.45, 7) is 1.10. The van der Waals surface area contributed by atoms with Crippen LogP contribution >= 0.6 is 11.6 Å². The normalized spacial score (nSPS) is 19.6. The molecule has 30 heavy (non-hydrogen) atoms. The molecule has 2 aromatic heterocycles. The summed E-state index contributed by atoms with van der Waals surface area (Å²) in [6.07, 6.45) is 2.73. The van der Waals surface area contributed by atoms with Gasteiger partial charge in [0.25, 0.3) is 12.3 Å². The molecule has 0 spiro atoms. The van der Waals surface area contributed by atoms with Gasteiger partial charge in [0.1, 0.15) is 5.69 Å². The number of rotatable bonds is 4. The molecule has 0 unspecified atom stereocenters. The van der Waals surface area contributed by atoms with Crippen LogP contribution in [0.4, 0.5) is 8.78 Å². The number of nitrogens with zero attached hydrogens (tertiary/aromatic N) is 4. The van der Waals surface area contributed by atoms with Crippen molar-refractivity contribution < 1.29 is 13.6 Å². The van der Waals surface area contributed by atoms with Gasteiger partial charge in [-0.15, -0.1) is 0 Å². The monoisotopic (exact) mass is 430 g/mol. The number of hydrogen-bond acceptors (Lipinski definition) is 3. The second-order valence-electron chi connectivity index (χ2n) is 8.11. The lowest BCUT2D eigenvalue weighted by Gasteiger charge is -2.33. The van der Waals surface area contributed by atoms with Crippen molar-refractivity contribution in [2.45, 2.75) is 43.9 Å². The molecule has 0 bridgehead atoms. The van der Waals surface area contributed by atoms with Crippen molar-refractivity contribution in [1.82, 2.24) is 19.5 Å². The van der Waals surface area contributed by atoms with Crippen molar-refractivity contribution >= 4 is 23.2 Å². The number of carbonyl (C=O) groups is 1. The minimum atomic E-state index is -2.65. The summed E-state index contributed by atoms with van der Waals surface area (Å²) in [5.74, 6) is 0.330. The Kier molecular flexibility index (Phi) is 4.93. The smallest absolute Gasteiger partial charge is 0.280 e. The van der Waals surface area contributed by atoms with E-state index in [0.29, 0.717) is 40.9 Å². The van der Waals surface area contributed by atoms with Crippen LogP contribution in [-0.2, 0) is 0 Å². The Morgan fingerprint density at radius 1 is 1.13 bits per heavy atom. The summed E-state index contributed by atoms with van der Waals surface area (Å²) in [6, 6.07) is 8.53. The van der Waals surface area contributed by atoms with Gasteiger partial charge in [-0.1, -0.05) is 11.6 Å². The maximum absolute atomic E-state index is 13.3. The molecule has 1 aliphatic carbocycles. The molecule has 1 atom stereocenters. The van der Waals surface area contributed by atoms with Crippen molar-refractivity contribution in [1.29, 1.82) is 0 Å². The van der Waals surface area contributed by atoms with Gasteiger partial charge in [0, 0.05) is 35.7 Å². The summed E-state index contributed by atoms with van der Waals surface area (Å²) in [7, 11) is 0. The third kappa shape index (κ3) is 3.55. The molecule has 8 heteroatoms. The van der Waals surface area contributed by atoms with Crippen LogP contribution in [0.25, 0.3) is 5.65 Å². The third-order valence-corrected chi connectivity index (χ3v) is 6.36. The quantitative estimate of drug-likeness (QED) is 0.570. The molecule has 3 aromatic rings. The maximum Gasteiger partial charge on any atom is 0.280 e. The number of likely N-dealkylation sites (tertiary alicyclic amines) is 1. The van der Waals surface area contributed by atoms with Gasteiger partial charge in [0.15, 0.2) is 5.65 Å². The van der Waals surface area contributed by atoms with E-state index >= 15 is 0 Å². The Bertz CT molecular complexity index is 1110. The Labute approximate surface area is 177 Å². The van der Waals surface area contributed by atoms with Crippen molar-refractivity contribution in [3.8, 4) is 0 Å². The number of carbonyl (C=O) groups excluding carboxylic acids is 1. The molecule has 5 nitrogen and oxygen atoms in total. The van der Waals surface area contributed by atoms with Crippen LogP contribution in [0.15, 0.2) is 36.5 Å². The number of benzene rings is 1. The molecule has 5 rings (SSSR count). The van der Waals surface area contributed by atoms with Gasteiger partial charge >= 0.3 is 0 Å². The third-order valence-electron chi connectivity index (χ3n) is 6.02. The molecule has 1 amide bonds. The van der Waals surface area contributed by atoms with Crippen molar-refractivity contribution in [3.05, 3.63) is 64.1 Å². The van der Waals surface area contributed by atoms with E-state index in [2.05, 4.69) is 10.1 Å². The number of alkyl halides is 2. The summed E-state index contributed by atoms with van der Waals surface area (Å²) in [5.41, 5.74) is 2.50. The number of piperidine rings is 1. The van der Waals surface area contributed by atoms with Crippen LogP contribution in [0.2, 0.25) is 5.02 Å². The van der Waals surface area contributed by atoms with Crippen molar-refractivity contribution in [3.63, 3.8) is 0 Å². The molecule has 3 heterocycles. The second kappa shape index (κ2) is 7.61. The standard InChI is InChI=1S/C22H21ClF2N4O/c23-17-6-5-14(10-16(17)13-3-4-13)22(30)28-9-1-2-15(12-28)19-11-18(21(24)25)27-20-7-8-26-29(19)20/h5-8,10-11,13,15,21H,1-4,9,12H2/t15-/m0/s1. The first kappa shape index (κ1) is 19.4. The highest BCUT2D eigenvalue weighted by atomic mass is 35.5. The molecule has 1 saturated heterocycles. The molecule has 2 fully saturated rings. The lowest BCUT2D eigenvalue weighted by molar-refractivity contribution is 0.0704. The summed E-state index contributed by atoms with van der Waals surface area (Å²) in [4.78, 5) is 19.0. The first-order valence-electron chi connectivity index (χ1n) is 10.2. The molecule has 1 saturated carbocycles. The SMILES string of the molecule is O=C(c1ccc(Cl)c(C2CC2)c1)N1CCC[C@H](c2cc(C(F)F)nc3ccnn23)C1. The van der Waals surface area contributed by atoms with E-state index < -0.39 is 6.43 Å². The maximum atomic E-state index is 13.3. The number of amides is 1. The highest BCUT2D eigenvalue weighted by molar-refractivity contribution is 6.31. The average molecular weight is 431 g/mol. The van der Waals surface area contributed by atoms with Gasteiger partial charge in [-0.3, -0.25) is 4.79 Å². The van der Waals surface area contributed by atoms with E-state index in [4.69, 9.17) is 11.6 Å². The molecule has 156 valence electrons. The molecule has 2 aliphatic rings. The number of aromatic nitrogens is 3. The Balaban J connectivity index is 1.43.